The molecule has 1 spiro atoms. The zero-order chi connectivity index (χ0) is 22.5. The normalized spacial score (nSPS) is 17.9. The molecule has 2 aliphatic rings. The number of fused-ring (bicyclic) bond motifs is 1. The summed E-state index contributed by atoms with van der Waals surface area (Å²) < 4.78 is 15.0. The molecule has 1 saturated heterocycles. The highest BCUT2D eigenvalue weighted by Gasteiger charge is 2.52. The average molecular weight is 456 g/mol. The molecule has 0 radical (unpaired) electrons. The smallest absolute Gasteiger partial charge is 0.322 e. The molecule has 166 valence electrons. The number of urea groups is 1. The lowest BCUT2D eigenvalue weighted by Gasteiger charge is -2.30. The first-order chi connectivity index (χ1) is 15.4. The van der Waals surface area contributed by atoms with Crippen LogP contribution in [-0.2, 0) is 11.3 Å². The first-order valence-electron chi connectivity index (χ1n) is 10.6. The summed E-state index contributed by atoms with van der Waals surface area (Å²) in [6, 6.07) is 7.30. The second-order valence-electron chi connectivity index (χ2n) is 8.35. The largest absolute Gasteiger partial charge is 0.344 e. The van der Waals surface area contributed by atoms with E-state index in [1.54, 1.807) is 22.9 Å². The van der Waals surface area contributed by atoms with Crippen LogP contribution in [0, 0.1) is 12.7 Å². The average Bonchev–Trinajstić information content (AvgIpc) is 3.40. The molecule has 3 heterocycles. The van der Waals surface area contributed by atoms with Gasteiger partial charge >= 0.3 is 6.03 Å². The minimum atomic E-state index is -0.894. The van der Waals surface area contributed by atoms with Crippen LogP contribution in [0.15, 0.2) is 30.3 Å². The van der Waals surface area contributed by atoms with Crippen molar-refractivity contribution in [1.82, 2.24) is 25.5 Å². The molecule has 0 bridgehead atoms. The Morgan fingerprint density at radius 1 is 1.22 bits per heavy atom. The van der Waals surface area contributed by atoms with Crippen molar-refractivity contribution >= 4 is 39.4 Å². The molecule has 5 rings (SSSR count). The van der Waals surface area contributed by atoms with Gasteiger partial charge in [-0.2, -0.15) is 10.1 Å². The van der Waals surface area contributed by atoms with Crippen molar-refractivity contribution in [3.8, 4) is 0 Å². The van der Waals surface area contributed by atoms with E-state index in [2.05, 4.69) is 15.8 Å². The van der Waals surface area contributed by atoms with E-state index < -0.39 is 23.4 Å². The molecule has 8 nitrogen and oxygen atoms in total. The van der Waals surface area contributed by atoms with E-state index in [0.29, 0.717) is 24.3 Å². The molecule has 1 aromatic carbocycles. The highest BCUT2D eigenvalue weighted by atomic mass is 32.1. The Hall–Kier alpha value is -3.27. The van der Waals surface area contributed by atoms with E-state index in [0.717, 1.165) is 45.7 Å². The Kier molecular flexibility index (Phi) is 4.96. The molecule has 2 aromatic heterocycles. The Morgan fingerprint density at radius 2 is 1.94 bits per heavy atom. The summed E-state index contributed by atoms with van der Waals surface area (Å²) in [6.07, 6.45) is 3.95. The van der Waals surface area contributed by atoms with Gasteiger partial charge in [0.1, 0.15) is 16.2 Å². The summed E-state index contributed by atoms with van der Waals surface area (Å²) in [5.41, 5.74) is 3.23. The van der Waals surface area contributed by atoms with Crippen LogP contribution in [0.5, 0.6) is 0 Å². The third kappa shape index (κ3) is 3.44. The SMILES string of the molecule is Cc1nn(Cc2ccc(F)cc2)c2sc(C(=O)NN3C(=O)NC4(CCCCC4)C3=O)cc12. The van der Waals surface area contributed by atoms with Crippen molar-refractivity contribution in [2.75, 3.05) is 0 Å². The number of imide groups is 1. The lowest BCUT2D eigenvalue weighted by atomic mass is 9.82. The standard InChI is InChI=1S/C22H22FN5O3S/c1-13-16-11-17(32-19(16)27(25-13)12-14-5-7-15(23)8-6-14)18(29)26-28-20(30)22(24-21(28)31)9-3-2-4-10-22/h5-8,11H,2-4,9-10,12H2,1H3,(H,24,31)(H,26,29). The quantitative estimate of drug-likeness (QED) is 0.589. The third-order valence-electron chi connectivity index (χ3n) is 6.16. The summed E-state index contributed by atoms with van der Waals surface area (Å²) in [5.74, 6) is -1.22. The highest BCUT2D eigenvalue weighted by Crippen LogP contribution is 2.33. The second-order valence-corrected chi connectivity index (χ2v) is 9.38. The predicted molar refractivity (Wildman–Crippen MR) is 117 cm³/mol. The Morgan fingerprint density at radius 3 is 2.66 bits per heavy atom. The Balaban J connectivity index is 1.37. The number of benzene rings is 1. The number of hydrogen-bond acceptors (Lipinski definition) is 5. The van der Waals surface area contributed by atoms with Crippen molar-refractivity contribution in [2.45, 2.75) is 51.1 Å². The van der Waals surface area contributed by atoms with Crippen molar-refractivity contribution < 1.29 is 18.8 Å². The molecule has 1 aliphatic heterocycles. The van der Waals surface area contributed by atoms with Gasteiger partial charge in [0.25, 0.3) is 11.8 Å². The van der Waals surface area contributed by atoms with Crippen molar-refractivity contribution in [3.63, 3.8) is 0 Å². The van der Waals surface area contributed by atoms with E-state index in [4.69, 9.17) is 0 Å². The number of aromatic nitrogens is 2. The zero-order valence-corrected chi connectivity index (χ0v) is 18.3. The molecule has 1 saturated carbocycles. The topological polar surface area (TPSA) is 96.3 Å². The number of hydrogen-bond donors (Lipinski definition) is 2. The van der Waals surface area contributed by atoms with E-state index in [9.17, 15) is 18.8 Å². The molecule has 0 unspecified atom stereocenters. The number of nitrogens with one attached hydrogen (secondary N) is 2. The molecule has 2 fully saturated rings. The van der Waals surface area contributed by atoms with E-state index in [1.807, 2.05) is 6.92 Å². The third-order valence-corrected chi connectivity index (χ3v) is 7.31. The number of nitrogens with zero attached hydrogens (tertiary/aromatic N) is 3. The molecular formula is C22H22FN5O3S. The highest BCUT2D eigenvalue weighted by molar-refractivity contribution is 7.20. The minimum absolute atomic E-state index is 0.305. The van der Waals surface area contributed by atoms with Crippen LogP contribution in [0.25, 0.3) is 10.2 Å². The van der Waals surface area contributed by atoms with Crippen LogP contribution in [0.4, 0.5) is 9.18 Å². The number of rotatable bonds is 4. The number of carbonyl (C=O) groups is 3. The van der Waals surface area contributed by atoms with Crippen molar-refractivity contribution in [1.29, 1.82) is 0 Å². The Bertz CT molecular complexity index is 1230. The van der Waals surface area contributed by atoms with Crippen LogP contribution in [0.1, 0.15) is 53.0 Å². The molecule has 3 aromatic rings. The predicted octanol–water partition coefficient (Wildman–Crippen LogP) is 3.49. The first kappa shape index (κ1) is 20.6. The van der Waals surface area contributed by atoms with Gasteiger partial charge in [-0.1, -0.05) is 31.4 Å². The maximum atomic E-state index is 13.2. The van der Waals surface area contributed by atoms with Crippen LogP contribution < -0.4 is 10.7 Å². The van der Waals surface area contributed by atoms with Gasteiger partial charge in [0.05, 0.1) is 17.1 Å². The lowest BCUT2D eigenvalue weighted by Crippen LogP contribution is -2.50. The maximum absolute atomic E-state index is 13.2. The van der Waals surface area contributed by atoms with Crippen LogP contribution in [0.2, 0.25) is 0 Å². The number of hydrazine groups is 1. The van der Waals surface area contributed by atoms with Crippen LogP contribution in [0.3, 0.4) is 0 Å². The van der Waals surface area contributed by atoms with E-state index in [-0.39, 0.29) is 5.82 Å². The fourth-order valence-electron chi connectivity index (χ4n) is 4.47. The molecule has 1 aliphatic carbocycles. The van der Waals surface area contributed by atoms with Gasteiger partial charge in [0, 0.05) is 5.39 Å². The van der Waals surface area contributed by atoms with Gasteiger partial charge in [0.15, 0.2) is 0 Å². The van der Waals surface area contributed by atoms with Gasteiger partial charge in [0.2, 0.25) is 0 Å². The van der Waals surface area contributed by atoms with Crippen molar-refractivity contribution in [2.24, 2.45) is 0 Å². The summed E-state index contributed by atoms with van der Waals surface area (Å²) in [7, 11) is 0. The summed E-state index contributed by atoms with van der Waals surface area (Å²) in [4.78, 5) is 39.4. The van der Waals surface area contributed by atoms with Gasteiger partial charge in [-0.15, -0.1) is 11.3 Å². The van der Waals surface area contributed by atoms with E-state index in [1.165, 1.54) is 23.5 Å². The maximum Gasteiger partial charge on any atom is 0.344 e. The molecule has 10 heteroatoms. The van der Waals surface area contributed by atoms with Crippen LogP contribution in [-0.4, -0.2) is 38.2 Å². The Labute approximate surface area is 187 Å². The van der Waals surface area contributed by atoms with E-state index >= 15 is 0 Å². The van der Waals surface area contributed by atoms with Gasteiger partial charge < -0.3 is 5.32 Å². The minimum Gasteiger partial charge on any atom is -0.322 e. The zero-order valence-electron chi connectivity index (χ0n) is 17.5. The molecule has 2 N–H and O–H groups in total. The number of carbonyl (C=O) groups excluding carboxylic acids is 3. The molecular weight excluding hydrogens is 433 g/mol. The summed E-state index contributed by atoms with van der Waals surface area (Å²) in [6.45, 7) is 2.28. The molecule has 0 atom stereocenters. The second kappa shape index (κ2) is 7.70. The summed E-state index contributed by atoms with van der Waals surface area (Å²) in [5, 5.41) is 8.95. The number of halogens is 1. The number of thiophene rings is 1. The van der Waals surface area contributed by atoms with Gasteiger partial charge in [-0.05, 0) is 43.5 Å². The fourth-order valence-corrected chi connectivity index (χ4v) is 5.52. The molecule has 4 amide bonds. The molecule has 32 heavy (non-hydrogen) atoms. The van der Waals surface area contributed by atoms with Crippen molar-refractivity contribution in [3.05, 3.63) is 52.3 Å². The lowest BCUT2D eigenvalue weighted by molar-refractivity contribution is -0.134. The van der Waals surface area contributed by atoms with Crippen LogP contribution >= 0.6 is 11.3 Å². The number of amides is 4. The first-order valence-corrected chi connectivity index (χ1v) is 11.4. The summed E-state index contributed by atoms with van der Waals surface area (Å²) >= 11 is 1.23. The van der Waals surface area contributed by atoms with Gasteiger partial charge in [-0.3, -0.25) is 19.7 Å². The monoisotopic (exact) mass is 455 g/mol. The number of aryl methyl sites for hydroxylation is 1. The van der Waals surface area contributed by atoms with Gasteiger partial charge in [-0.25, -0.2) is 9.18 Å². The fraction of sp³-hybridized carbons (Fsp3) is 0.364.